The van der Waals surface area contributed by atoms with Crippen LogP contribution in [0, 0.1) is 11.3 Å². The number of carbonyl (C=O) groups excluding carboxylic acids is 2. The van der Waals surface area contributed by atoms with E-state index in [-0.39, 0.29) is 29.8 Å². The first-order chi connectivity index (χ1) is 19.9. The van der Waals surface area contributed by atoms with Crippen molar-refractivity contribution in [3.05, 3.63) is 75.0 Å². The second kappa shape index (κ2) is 12.1. The van der Waals surface area contributed by atoms with Crippen LogP contribution in [-0.2, 0) is 11.3 Å². The zero-order valence-electron chi connectivity index (χ0n) is 24.5. The van der Waals surface area contributed by atoms with E-state index < -0.39 is 5.66 Å². The van der Waals surface area contributed by atoms with E-state index >= 15 is 0 Å². The number of amides is 2. The van der Waals surface area contributed by atoms with Crippen molar-refractivity contribution in [2.24, 2.45) is 16.3 Å². The van der Waals surface area contributed by atoms with Crippen LogP contribution in [0.3, 0.4) is 0 Å². The van der Waals surface area contributed by atoms with Crippen LogP contribution in [0.15, 0.2) is 47.5 Å². The fourth-order valence-corrected chi connectivity index (χ4v) is 6.42. The number of nitrogens with one attached hydrogen (secondary N) is 2. The molecule has 1 fully saturated rings. The van der Waals surface area contributed by atoms with Crippen LogP contribution in [0.2, 0.25) is 10.0 Å². The first kappa shape index (κ1) is 30.2. The lowest BCUT2D eigenvalue weighted by atomic mass is 9.80. The smallest absolute Gasteiger partial charge is 0.275 e. The van der Waals surface area contributed by atoms with Crippen LogP contribution in [-0.4, -0.2) is 48.7 Å². The molecule has 222 valence electrons. The number of carbonyl (C=O) groups is 2. The maximum Gasteiger partial charge on any atom is 0.275 e. The van der Waals surface area contributed by atoms with Crippen LogP contribution in [0.25, 0.3) is 0 Å². The molecule has 2 amide bonds. The van der Waals surface area contributed by atoms with Crippen molar-refractivity contribution in [3.63, 3.8) is 0 Å². The maximum absolute atomic E-state index is 14.4. The molecular weight excluding hydrogens is 573 g/mol. The Morgan fingerprint density at radius 2 is 1.79 bits per heavy atom. The first-order valence-electron chi connectivity index (χ1n) is 14.4. The Morgan fingerprint density at radius 1 is 1.12 bits per heavy atom. The van der Waals surface area contributed by atoms with Crippen molar-refractivity contribution in [1.29, 1.82) is 0 Å². The van der Waals surface area contributed by atoms with E-state index in [2.05, 4.69) is 53.6 Å². The summed E-state index contributed by atoms with van der Waals surface area (Å²) in [6.45, 7) is 9.06. The molecule has 1 saturated carbocycles. The first-order valence-corrected chi connectivity index (χ1v) is 15.2. The third kappa shape index (κ3) is 6.68. The molecule has 0 bridgehead atoms. The molecule has 1 aliphatic carbocycles. The number of aliphatic imine (C=N–C) groups is 1. The molecule has 1 spiro atoms. The van der Waals surface area contributed by atoms with Crippen LogP contribution < -0.4 is 5.32 Å². The number of H-pyrrole nitrogens is 1. The number of hydrogen-bond acceptors (Lipinski definition) is 6. The third-order valence-corrected chi connectivity index (χ3v) is 8.67. The quantitative estimate of drug-likeness (QED) is 0.301. The van der Waals surface area contributed by atoms with Gasteiger partial charge in [0.05, 0.1) is 12.6 Å². The lowest BCUT2D eigenvalue weighted by molar-refractivity contribution is -0.133. The number of tetrazole rings is 1. The zero-order chi connectivity index (χ0) is 30.1. The molecule has 2 N–H and O–H groups in total. The average Bonchev–Trinajstić information content (AvgIpc) is 3.55. The highest BCUT2D eigenvalue weighted by Crippen LogP contribution is 2.47. The van der Waals surface area contributed by atoms with Crippen molar-refractivity contribution in [2.45, 2.75) is 84.5 Å². The second-order valence-corrected chi connectivity index (χ2v) is 13.6. The highest BCUT2D eigenvalue weighted by Gasteiger charge is 2.51. The molecule has 0 radical (unpaired) electrons. The van der Waals surface area contributed by atoms with Crippen LogP contribution in [0.4, 0.5) is 0 Å². The van der Waals surface area contributed by atoms with E-state index in [0.717, 1.165) is 44.1 Å². The van der Waals surface area contributed by atoms with Gasteiger partial charge < -0.3 is 10.2 Å². The third-order valence-electron chi connectivity index (χ3n) is 8.23. The van der Waals surface area contributed by atoms with Gasteiger partial charge in [-0.3, -0.25) is 14.6 Å². The zero-order valence-corrected chi connectivity index (χ0v) is 26.0. The summed E-state index contributed by atoms with van der Waals surface area (Å²) in [5, 5.41) is 17.4. The summed E-state index contributed by atoms with van der Waals surface area (Å²) in [6, 6.07) is 12.5. The van der Waals surface area contributed by atoms with Gasteiger partial charge in [0.2, 0.25) is 0 Å². The molecule has 1 aliphatic heterocycles. The topological polar surface area (TPSA) is 116 Å². The van der Waals surface area contributed by atoms with E-state index in [1.807, 2.05) is 17.0 Å². The Bertz CT molecular complexity index is 1440. The molecule has 5 rings (SSSR count). The molecule has 1 aromatic heterocycles. The Balaban J connectivity index is 1.49. The SMILES string of the molecule is CC1CCC2(CC1)N=C(c1cc(Cl)cc(Cl)c1)C(=O)N2[C@H](CCC(C)(C)C)c1ccc(C(=O)NCc2nn[nH]n2)cc1. The summed E-state index contributed by atoms with van der Waals surface area (Å²) in [4.78, 5) is 34.5. The Hall–Kier alpha value is -3.30. The fraction of sp³-hybridized carbons (Fsp3) is 0.484. The minimum absolute atomic E-state index is 0.0639. The summed E-state index contributed by atoms with van der Waals surface area (Å²) >= 11 is 12.7. The van der Waals surface area contributed by atoms with Crippen molar-refractivity contribution in [2.75, 3.05) is 0 Å². The molecule has 0 saturated heterocycles. The molecule has 2 aromatic carbocycles. The van der Waals surface area contributed by atoms with E-state index in [4.69, 9.17) is 28.2 Å². The number of halogens is 2. The second-order valence-electron chi connectivity index (χ2n) is 12.7. The molecule has 3 aromatic rings. The van der Waals surface area contributed by atoms with Gasteiger partial charge in [0.1, 0.15) is 11.4 Å². The summed E-state index contributed by atoms with van der Waals surface area (Å²) in [5.74, 6) is 0.629. The minimum Gasteiger partial charge on any atom is -0.345 e. The van der Waals surface area contributed by atoms with Gasteiger partial charge in [-0.15, -0.1) is 10.2 Å². The number of hydrogen-bond donors (Lipinski definition) is 2. The van der Waals surface area contributed by atoms with Gasteiger partial charge in [-0.25, -0.2) is 0 Å². The number of nitrogens with zero attached hydrogens (tertiary/aromatic N) is 5. The predicted octanol–water partition coefficient (Wildman–Crippen LogP) is 6.54. The van der Waals surface area contributed by atoms with Crippen LogP contribution >= 0.6 is 23.2 Å². The predicted molar refractivity (Wildman–Crippen MR) is 163 cm³/mol. The van der Waals surface area contributed by atoms with Crippen molar-refractivity contribution >= 4 is 40.7 Å². The minimum atomic E-state index is -0.642. The van der Waals surface area contributed by atoms with Gasteiger partial charge in [0.15, 0.2) is 5.82 Å². The average molecular weight is 611 g/mol. The fourth-order valence-electron chi connectivity index (χ4n) is 5.89. The summed E-state index contributed by atoms with van der Waals surface area (Å²) in [6.07, 6.45) is 5.22. The largest absolute Gasteiger partial charge is 0.345 e. The molecule has 0 unspecified atom stereocenters. The Morgan fingerprint density at radius 3 is 2.38 bits per heavy atom. The molecule has 9 nitrogen and oxygen atoms in total. The van der Waals surface area contributed by atoms with Gasteiger partial charge in [-0.05, 0) is 85.8 Å². The highest BCUT2D eigenvalue weighted by atomic mass is 35.5. The standard InChI is InChI=1S/C31H37Cl2N7O2/c1-19-9-13-31(14-10-19)35-27(22-15-23(32)17-24(33)16-22)29(42)40(31)25(11-12-30(2,3)4)20-5-7-21(8-6-20)28(41)34-18-26-36-38-39-37-26/h5-8,15-17,19,25H,9-14,18H2,1-4H3,(H,34,41)(H,36,37,38,39)/t19?,25-,31?/m1/s1. The summed E-state index contributed by atoms with van der Waals surface area (Å²) < 4.78 is 0. The molecular formula is C31H37Cl2N7O2. The number of aromatic amines is 1. The van der Waals surface area contributed by atoms with Crippen molar-refractivity contribution in [1.82, 2.24) is 30.8 Å². The van der Waals surface area contributed by atoms with Crippen molar-refractivity contribution < 1.29 is 9.59 Å². The van der Waals surface area contributed by atoms with Gasteiger partial charge >= 0.3 is 0 Å². The van der Waals surface area contributed by atoms with Gasteiger partial charge in [-0.1, -0.05) is 68.2 Å². The summed E-state index contributed by atoms with van der Waals surface area (Å²) in [7, 11) is 0. The van der Waals surface area contributed by atoms with Crippen LogP contribution in [0.5, 0.6) is 0 Å². The van der Waals surface area contributed by atoms with Crippen LogP contribution in [0.1, 0.15) is 99.6 Å². The van der Waals surface area contributed by atoms with E-state index in [1.165, 1.54) is 0 Å². The van der Waals surface area contributed by atoms with E-state index in [1.54, 1.807) is 30.3 Å². The van der Waals surface area contributed by atoms with E-state index in [9.17, 15) is 9.59 Å². The monoisotopic (exact) mass is 609 g/mol. The maximum atomic E-state index is 14.4. The molecule has 11 heteroatoms. The number of aromatic nitrogens is 4. The normalized spacial score (nSPS) is 21.5. The molecule has 2 aliphatic rings. The Kier molecular flexibility index (Phi) is 8.71. The summed E-state index contributed by atoms with van der Waals surface area (Å²) in [5.41, 5.74) is 1.95. The molecule has 1 atom stereocenters. The lowest BCUT2D eigenvalue weighted by Gasteiger charge is -2.45. The molecule has 2 heterocycles. The van der Waals surface area contributed by atoms with E-state index in [0.29, 0.717) is 38.6 Å². The number of benzene rings is 2. The highest BCUT2D eigenvalue weighted by molar-refractivity contribution is 6.47. The van der Waals surface area contributed by atoms with Gasteiger partial charge in [-0.2, -0.15) is 5.21 Å². The van der Waals surface area contributed by atoms with Gasteiger partial charge in [0, 0.05) is 21.2 Å². The van der Waals surface area contributed by atoms with Crippen molar-refractivity contribution in [3.8, 4) is 0 Å². The molecule has 42 heavy (non-hydrogen) atoms. The Labute approximate surface area is 256 Å². The lowest BCUT2D eigenvalue weighted by Crippen LogP contribution is -2.50. The van der Waals surface area contributed by atoms with Gasteiger partial charge in [0.25, 0.3) is 11.8 Å². The number of rotatable bonds is 8.